The van der Waals surface area contributed by atoms with Crippen molar-refractivity contribution >= 4 is 12.0 Å². The molecule has 2 aromatic rings. The van der Waals surface area contributed by atoms with Gasteiger partial charge in [-0.05, 0) is 43.7 Å². The van der Waals surface area contributed by atoms with Crippen LogP contribution in [0.25, 0.3) is 6.08 Å². The highest BCUT2D eigenvalue weighted by molar-refractivity contribution is 5.85. The van der Waals surface area contributed by atoms with E-state index in [1.165, 1.54) is 6.08 Å². The molecule has 5 nitrogen and oxygen atoms in total. The Balaban J connectivity index is 2.20. The molecule has 2 heterocycles. The van der Waals surface area contributed by atoms with Gasteiger partial charge in [-0.1, -0.05) is 6.07 Å². The van der Waals surface area contributed by atoms with Crippen LogP contribution < -0.4 is 4.74 Å². The van der Waals surface area contributed by atoms with Crippen LogP contribution in [0.2, 0.25) is 0 Å². The Morgan fingerprint density at radius 1 is 1.33 bits per heavy atom. The van der Waals surface area contributed by atoms with E-state index in [0.717, 1.165) is 23.0 Å². The summed E-state index contributed by atoms with van der Waals surface area (Å²) in [6.45, 7) is 4.11. The molecule has 0 spiro atoms. The van der Waals surface area contributed by atoms with Crippen LogP contribution >= 0.6 is 0 Å². The Labute approximate surface area is 122 Å². The fourth-order valence-corrected chi connectivity index (χ4v) is 1.77. The lowest BCUT2D eigenvalue weighted by Crippen LogP contribution is -2.02. The second-order valence-electron chi connectivity index (χ2n) is 4.56. The predicted octanol–water partition coefficient (Wildman–Crippen LogP) is 2.77. The van der Waals surface area contributed by atoms with E-state index in [1.807, 2.05) is 32.0 Å². The molecule has 0 amide bonds. The zero-order chi connectivity index (χ0) is 15.2. The molecule has 0 atom stereocenters. The van der Waals surface area contributed by atoms with Crippen molar-refractivity contribution in [3.05, 3.63) is 59.2 Å². The number of aryl methyl sites for hydroxylation is 2. The van der Waals surface area contributed by atoms with Crippen molar-refractivity contribution in [3.63, 3.8) is 0 Å². The molecule has 0 saturated heterocycles. The van der Waals surface area contributed by atoms with E-state index < -0.39 is 5.97 Å². The molecule has 0 saturated carbocycles. The van der Waals surface area contributed by atoms with Crippen LogP contribution in [-0.2, 0) is 11.4 Å². The highest BCUT2D eigenvalue weighted by Crippen LogP contribution is 2.20. The van der Waals surface area contributed by atoms with Gasteiger partial charge in [-0.25, -0.2) is 9.78 Å². The quantitative estimate of drug-likeness (QED) is 0.855. The van der Waals surface area contributed by atoms with E-state index in [0.29, 0.717) is 18.1 Å². The lowest BCUT2D eigenvalue weighted by Gasteiger charge is -2.10. The monoisotopic (exact) mass is 284 g/mol. The first-order valence-corrected chi connectivity index (χ1v) is 6.48. The summed E-state index contributed by atoms with van der Waals surface area (Å²) in [6, 6.07) is 7.43. The number of aromatic nitrogens is 2. The SMILES string of the molecule is Cc1ccc(OCc2ncccc2C)c(/C=C/C(=O)O)n1. The van der Waals surface area contributed by atoms with Gasteiger partial charge in [0.25, 0.3) is 0 Å². The van der Waals surface area contributed by atoms with Gasteiger partial charge in [0.1, 0.15) is 18.1 Å². The number of carboxylic acid groups (broad SMARTS) is 1. The third-order valence-electron chi connectivity index (χ3n) is 2.89. The second kappa shape index (κ2) is 6.65. The van der Waals surface area contributed by atoms with Crippen molar-refractivity contribution in [2.45, 2.75) is 20.5 Å². The first-order chi connectivity index (χ1) is 10.1. The van der Waals surface area contributed by atoms with E-state index >= 15 is 0 Å². The normalized spacial score (nSPS) is 10.8. The van der Waals surface area contributed by atoms with E-state index in [-0.39, 0.29) is 0 Å². The summed E-state index contributed by atoms with van der Waals surface area (Å²) in [5, 5.41) is 8.71. The van der Waals surface area contributed by atoms with Crippen molar-refractivity contribution in [1.82, 2.24) is 9.97 Å². The van der Waals surface area contributed by atoms with E-state index in [1.54, 1.807) is 12.3 Å². The Morgan fingerprint density at radius 2 is 2.14 bits per heavy atom. The first-order valence-electron chi connectivity index (χ1n) is 6.48. The molecule has 0 aromatic carbocycles. The van der Waals surface area contributed by atoms with Crippen molar-refractivity contribution in [1.29, 1.82) is 0 Å². The molecular weight excluding hydrogens is 268 g/mol. The third-order valence-corrected chi connectivity index (χ3v) is 2.89. The van der Waals surface area contributed by atoms with Crippen LogP contribution in [0.5, 0.6) is 5.75 Å². The average Bonchev–Trinajstić information content (AvgIpc) is 2.45. The number of carbonyl (C=O) groups is 1. The van der Waals surface area contributed by atoms with E-state index in [4.69, 9.17) is 9.84 Å². The average molecular weight is 284 g/mol. The molecular formula is C16H16N2O3. The number of rotatable bonds is 5. The molecule has 21 heavy (non-hydrogen) atoms. The Kier molecular flexibility index (Phi) is 4.66. The van der Waals surface area contributed by atoms with Crippen molar-refractivity contribution < 1.29 is 14.6 Å². The number of hydrogen-bond donors (Lipinski definition) is 1. The van der Waals surface area contributed by atoms with Gasteiger partial charge in [0.05, 0.1) is 5.69 Å². The summed E-state index contributed by atoms with van der Waals surface area (Å²) in [5.41, 5.74) is 3.17. The zero-order valence-electron chi connectivity index (χ0n) is 11.9. The van der Waals surface area contributed by atoms with Gasteiger partial charge in [0, 0.05) is 18.0 Å². The largest absolute Gasteiger partial charge is 0.485 e. The molecule has 0 unspecified atom stereocenters. The van der Waals surface area contributed by atoms with Gasteiger partial charge >= 0.3 is 5.97 Å². The molecule has 0 aliphatic heterocycles. The van der Waals surface area contributed by atoms with Crippen LogP contribution in [0, 0.1) is 13.8 Å². The lowest BCUT2D eigenvalue weighted by atomic mass is 10.2. The fourth-order valence-electron chi connectivity index (χ4n) is 1.77. The first kappa shape index (κ1) is 14.7. The maximum atomic E-state index is 10.6. The molecule has 2 rings (SSSR count). The molecule has 5 heteroatoms. The number of nitrogens with zero attached hydrogens (tertiary/aromatic N) is 2. The van der Waals surface area contributed by atoms with Crippen molar-refractivity contribution in [2.24, 2.45) is 0 Å². The molecule has 108 valence electrons. The van der Waals surface area contributed by atoms with Gasteiger partial charge in [-0.3, -0.25) is 4.98 Å². The van der Waals surface area contributed by atoms with Crippen LogP contribution in [0.15, 0.2) is 36.5 Å². The Hall–Kier alpha value is -2.69. The highest BCUT2D eigenvalue weighted by atomic mass is 16.5. The minimum absolute atomic E-state index is 0.311. The number of pyridine rings is 2. The minimum atomic E-state index is -1.02. The zero-order valence-corrected chi connectivity index (χ0v) is 11.9. The number of ether oxygens (including phenoxy) is 1. The van der Waals surface area contributed by atoms with Crippen molar-refractivity contribution in [3.8, 4) is 5.75 Å². The molecule has 0 radical (unpaired) electrons. The van der Waals surface area contributed by atoms with Crippen LogP contribution in [-0.4, -0.2) is 21.0 Å². The molecule has 1 N–H and O–H groups in total. The number of aliphatic carboxylic acids is 1. The van der Waals surface area contributed by atoms with Crippen molar-refractivity contribution in [2.75, 3.05) is 0 Å². The maximum absolute atomic E-state index is 10.6. The number of carboxylic acids is 1. The topological polar surface area (TPSA) is 72.3 Å². The molecule has 0 aliphatic rings. The Bertz CT molecular complexity index is 681. The van der Waals surface area contributed by atoms with Gasteiger partial charge < -0.3 is 9.84 Å². The van der Waals surface area contributed by atoms with E-state index in [9.17, 15) is 4.79 Å². The minimum Gasteiger partial charge on any atom is -0.485 e. The highest BCUT2D eigenvalue weighted by Gasteiger charge is 2.06. The van der Waals surface area contributed by atoms with E-state index in [2.05, 4.69) is 9.97 Å². The summed E-state index contributed by atoms with van der Waals surface area (Å²) in [5.74, 6) is -0.493. The van der Waals surface area contributed by atoms with Crippen LogP contribution in [0.4, 0.5) is 0 Å². The summed E-state index contributed by atoms with van der Waals surface area (Å²) in [4.78, 5) is 19.2. The smallest absolute Gasteiger partial charge is 0.328 e. The fraction of sp³-hybridized carbons (Fsp3) is 0.188. The molecule has 2 aromatic heterocycles. The summed E-state index contributed by atoms with van der Waals surface area (Å²) in [7, 11) is 0. The second-order valence-corrected chi connectivity index (χ2v) is 4.56. The summed E-state index contributed by atoms with van der Waals surface area (Å²) < 4.78 is 5.72. The molecule has 0 aliphatic carbocycles. The molecule has 0 bridgehead atoms. The van der Waals surface area contributed by atoms with Gasteiger partial charge in [0.15, 0.2) is 0 Å². The van der Waals surface area contributed by atoms with Gasteiger partial charge in [0.2, 0.25) is 0 Å². The van der Waals surface area contributed by atoms with Gasteiger partial charge in [-0.15, -0.1) is 0 Å². The van der Waals surface area contributed by atoms with Crippen LogP contribution in [0.3, 0.4) is 0 Å². The molecule has 0 fully saturated rings. The van der Waals surface area contributed by atoms with Crippen LogP contribution in [0.1, 0.15) is 22.6 Å². The summed E-state index contributed by atoms with van der Waals surface area (Å²) >= 11 is 0. The Morgan fingerprint density at radius 3 is 2.86 bits per heavy atom. The standard InChI is InChI=1S/C16H16N2O3/c1-11-4-3-9-17-14(11)10-21-15-7-5-12(2)18-13(15)6-8-16(19)20/h3-9H,10H2,1-2H3,(H,19,20)/b8-6+. The third kappa shape index (κ3) is 4.14. The lowest BCUT2D eigenvalue weighted by molar-refractivity contribution is -0.131. The maximum Gasteiger partial charge on any atom is 0.328 e. The summed E-state index contributed by atoms with van der Waals surface area (Å²) in [6.07, 6.45) is 4.18. The predicted molar refractivity (Wildman–Crippen MR) is 78.9 cm³/mol. The number of hydrogen-bond acceptors (Lipinski definition) is 4. The van der Waals surface area contributed by atoms with Gasteiger partial charge in [-0.2, -0.15) is 0 Å².